The molecule has 0 bridgehead atoms. The van der Waals surface area contributed by atoms with E-state index in [-0.39, 0.29) is 24.9 Å². The van der Waals surface area contributed by atoms with E-state index < -0.39 is 26.6 Å². The summed E-state index contributed by atoms with van der Waals surface area (Å²) in [6.07, 6.45) is 65.7. The predicted octanol–water partition coefficient (Wildman–Crippen LogP) is 17.4. The molecule has 0 aromatic carbocycles. The summed E-state index contributed by atoms with van der Waals surface area (Å²) in [4.78, 5) is 39.9. The van der Waals surface area contributed by atoms with Crippen molar-refractivity contribution < 1.29 is 37.3 Å². The average Bonchev–Trinajstić information content (AvgIpc) is 3.34. The van der Waals surface area contributed by atoms with Crippen LogP contribution in [0.15, 0.2) is 72.9 Å². The number of rotatable bonds is 53. The highest BCUT2D eigenvalue weighted by molar-refractivity contribution is 7.45. The van der Waals surface area contributed by atoms with Crippen LogP contribution in [0.4, 0.5) is 0 Å². The monoisotopic (exact) mass is 1030 g/mol. The van der Waals surface area contributed by atoms with E-state index in [0.717, 1.165) is 116 Å². The molecular weight excluding hydrogens is 916 g/mol. The molecule has 0 saturated heterocycles. The number of esters is 1. The highest BCUT2D eigenvalue weighted by atomic mass is 31.2. The van der Waals surface area contributed by atoms with Crippen molar-refractivity contribution in [2.75, 3.05) is 40.9 Å². The van der Waals surface area contributed by atoms with E-state index in [1.807, 2.05) is 33.3 Å². The second-order valence-corrected chi connectivity index (χ2v) is 22.6. The molecule has 0 heterocycles. The summed E-state index contributed by atoms with van der Waals surface area (Å²) in [6, 6.07) is -0.902. The fourth-order valence-corrected chi connectivity index (χ4v) is 8.95. The van der Waals surface area contributed by atoms with Crippen LogP contribution in [0.25, 0.3) is 0 Å². The van der Waals surface area contributed by atoms with Crippen molar-refractivity contribution in [3.05, 3.63) is 72.9 Å². The number of amides is 1. The molecule has 0 aromatic heterocycles. The summed E-state index contributed by atoms with van der Waals surface area (Å²) in [7, 11) is 1.16. The van der Waals surface area contributed by atoms with Gasteiger partial charge < -0.3 is 28.5 Å². The third kappa shape index (κ3) is 52.3. The van der Waals surface area contributed by atoms with Crippen molar-refractivity contribution >= 4 is 19.7 Å². The highest BCUT2D eigenvalue weighted by Crippen LogP contribution is 2.38. The molecule has 3 unspecified atom stereocenters. The first-order valence-electron chi connectivity index (χ1n) is 29.8. The molecule has 1 N–H and O–H groups in total. The van der Waals surface area contributed by atoms with Crippen LogP contribution in [0.1, 0.15) is 258 Å². The molecule has 0 saturated carbocycles. The fourth-order valence-electron chi connectivity index (χ4n) is 8.22. The molecule has 3 atom stereocenters. The Kier molecular flexibility index (Phi) is 50.1. The summed E-state index contributed by atoms with van der Waals surface area (Å²) in [5.41, 5.74) is 0. The second kappa shape index (κ2) is 51.9. The first-order chi connectivity index (χ1) is 34.9. The molecule has 418 valence electrons. The smallest absolute Gasteiger partial charge is 0.306 e. The van der Waals surface area contributed by atoms with E-state index in [4.69, 9.17) is 13.8 Å². The Morgan fingerprint density at radius 2 is 0.889 bits per heavy atom. The molecule has 0 aromatic rings. The van der Waals surface area contributed by atoms with Crippen molar-refractivity contribution in [1.29, 1.82) is 0 Å². The zero-order valence-electron chi connectivity index (χ0n) is 47.6. The molecule has 0 aliphatic carbocycles. The summed E-state index contributed by atoms with van der Waals surface area (Å²) < 4.78 is 30.2. The van der Waals surface area contributed by atoms with Gasteiger partial charge in [-0.1, -0.05) is 222 Å². The van der Waals surface area contributed by atoms with E-state index in [0.29, 0.717) is 23.9 Å². The lowest BCUT2D eigenvalue weighted by molar-refractivity contribution is -0.870. The molecule has 0 fully saturated rings. The number of nitrogens with zero attached hydrogens (tertiary/aromatic N) is 1. The Bertz CT molecular complexity index is 1460. The molecule has 0 rings (SSSR count). The summed E-state index contributed by atoms with van der Waals surface area (Å²) in [5, 5.41) is 3.01. The van der Waals surface area contributed by atoms with Gasteiger partial charge in [-0.15, -0.1) is 0 Å². The number of hydrogen-bond donors (Lipinski definition) is 1. The Morgan fingerprint density at radius 1 is 0.500 bits per heavy atom. The lowest BCUT2D eigenvalue weighted by Crippen LogP contribution is -2.47. The number of allylic oxidation sites excluding steroid dienone is 11. The highest BCUT2D eigenvalue weighted by Gasteiger charge is 2.27. The summed E-state index contributed by atoms with van der Waals surface area (Å²) in [5.74, 6) is -0.569. The number of hydrogen-bond acceptors (Lipinski definition) is 7. The third-order valence-electron chi connectivity index (χ3n) is 12.9. The van der Waals surface area contributed by atoms with Gasteiger partial charge in [-0.05, 0) is 96.0 Å². The largest absolute Gasteiger partial charge is 0.756 e. The van der Waals surface area contributed by atoms with Crippen LogP contribution >= 0.6 is 7.82 Å². The van der Waals surface area contributed by atoms with Gasteiger partial charge in [0.05, 0.1) is 33.8 Å². The molecular formula is C62H113N2O7P. The van der Waals surface area contributed by atoms with Gasteiger partial charge in [0.2, 0.25) is 5.91 Å². The lowest BCUT2D eigenvalue weighted by Gasteiger charge is -2.30. The SMILES string of the molecule is CCCCC/C=C\C/C=C\C/C=C\CCCCCCCCC(=O)NC(COP(=O)([O-])OCC[N+](C)(C)C)C(/C=C\CCCCCCCCCCCC)OC(=O)CCCCCCCC/C=C/C=C/CCCCC. The van der Waals surface area contributed by atoms with E-state index in [2.05, 4.69) is 86.8 Å². The maximum atomic E-state index is 13.5. The van der Waals surface area contributed by atoms with Crippen LogP contribution < -0.4 is 10.2 Å². The van der Waals surface area contributed by atoms with Gasteiger partial charge in [0.1, 0.15) is 19.3 Å². The number of carbonyl (C=O) groups excluding carboxylic acids is 2. The minimum Gasteiger partial charge on any atom is -0.756 e. The summed E-state index contributed by atoms with van der Waals surface area (Å²) in [6.45, 7) is 6.76. The van der Waals surface area contributed by atoms with Crippen molar-refractivity contribution in [3.8, 4) is 0 Å². The Balaban J connectivity index is 5.35. The maximum Gasteiger partial charge on any atom is 0.306 e. The quantitative estimate of drug-likeness (QED) is 0.0161. The van der Waals surface area contributed by atoms with Crippen molar-refractivity contribution in [3.63, 3.8) is 0 Å². The van der Waals surface area contributed by atoms with Crippen LogP contribution in [0.2, 0.25) is 0 Å². The van der Waals surface area contributed by atoms with Gasteiger partial charge in [-0.2, -0.15) is 0 Å². The molecule has 72 heavy (non-hydrogen) atoms. The molecule has 0 aliphatic heterocycles. The van der Waals surface area contributed by atoms with E-state index in [1.165, 1.54) is 103 Å². The molecule has 10 heteroatoms. The van der Waals surface area contributed by atoms with Gasteiger partial charge in [0.25, 0.3) is 7.82 Å². The number of carbonyl (C=O) groups is 2. The van der Waals surface area contributed by atoms with Gasteiger partial charge in [-0.25, -0.2) is 0 Å². The van der Waals surface area contributed by atoms with Crippen LogP contribution in [0.3, 0.4) is 0 Å². The van der Waals surface area contributed by atoms with Crippen LogP contribution in [0, 0.1) is 0 Å². The number of phosphoric acid groups is 1. The minimum atomic E-state index is -4.70. The normalized spacial score (nSPS) is 14.3. The molecule has 9 nitrogen and oxygen atoms in total. The number of likely N-dealkylation sites (N-methyl/N-ethyl adjacent to an activating group) is 1. The van der Waals surface area contributed by atoms with Gasteiger partial charge in [0, 0.05) is 12.8 Å². The molecule has 0 spiro atoms. The topological polar surface area (TPSA) is 114 Å². The van der Waals surface area contributed by atoms with Crippen LogP contribution in [-0.4, -0.2) is 69.4 Å². The zero-order valence-corrected chi connectivity index (χ0v) is 48.5. The van der Waals surface area contributed by atoms with E-state index in [1.54, 1.807) is 0 Å². The Hall–Kier alpha value is -2.55. The van der Waals surface area contributed by atoms with Gasteiger partial charge >= 0.3 is 5.97 Å². The summed E-state index contributed by atoms with van der Waals surface area (Å²) >= 11 is 0. The number of phosphoric ester groups is 1. The first kappa shape index (κ1) is 69.5. The molecule has 0 radical (unpaired) electrons. The lowest BCUT2D eigenvalue weighted by atomic mass is 10.0. The van der Waals surface area contributed by atoms with E-state index in [9.17, 15) is 19.0 Å². The van der Waals surface area contributed by atoms with Crippen LogP contribution in [-0.2, 0) is 27.9 Å². The van der Waals surface area contributed by atoms with E-state index >= 15 is 0 Å². The van der Waals surface area contributed by atoms with Crippen molar-refractivity contribution in [2.24, 2.45) is 0 Å². The van der Waals surface area contributed by atoms with Crippen molar-refractivity contribution in [1.82, 2.24) is 5.32 Å². The third-order valence-corrected chi connectivity index (χ3v) is 13.9. The van der Waals surface area contributed by atoms with Gasteiger partial charge in [-0.3, -0.25) is 14.2 Å². The predicted molar refractivity (Wildman–Crippen MR) is 307 cm³/mol. The fraction of sp³-hybridized carbons (Fsp3) is 0.774. The second-order valence-electron chi connectivity index (χ2n) is 21.2. The molecule has 0 aliphatic rings. The number of ether oxygens (including phenoxy) is 1. The number of quaternary nitrogens is 1. The Morgan fingerprint density at radius 3 is 1.38 bits per heavy atom. The number of unbranched alkanes of at least 4 members (excludes halogenated alkanes) is 28. The maximum absolute atomic E-state index is 13.5. The van der Waals surface area contributed by atoms with Crippen LogP contribution in [0.5, 0.6) is 0 Å². The standard InChI is InChI=1S/C62H113N2O7P/c1-7-10-13-16-19-22-25-28-30-31-32-33-35-36-39-42-45-48-51-54-61(65)63-59(58-70-72(67,68)69-57-56-64(4,5)6)60(53-50-47-44-41-38-27-24-21-18-15-12-9-3)71-62(66)55-52-49-46-43-40-37-34-29-26-23-20-17-14-11-8-2/h19-20,22-23,26,28-30,32-33,50,53,59-60H,7-18,21,24-25,27,31,34-49,51-52,54-58H2,1-6H3,(H-,63,65,67,68)/b22-19-,23-20+,29-26+,30-28-,33-32-,53-50-. The van der Waals surface area contributed by atoms with Gasteiger partial charge in [0.15, 0.2) is 0 Å². The minimum absolute atomic E-state index is 0.0295. The van der Waals surface area contributed by atoms with Crippen molar-refractivity contribution in [2.45, 2.75) is 270 Å². The number of nitrogens with one attached hydrogen (secondary N) is 1. The Labute approximate surface area is 444 Å². The zero-order chi connectivity index (χ0) is 52.9. The molecule has 1 amide bonds. The first-order valence-corrected chi connectivity index (χ1v) is 31.2. The average molecular weight is 1030 g/mol.